The van der Waals surface area contributed by atoms with E-state index in [9.17, 15) is 4.79 Å². The van der Waals surface area contributed by atoms with Crippen molar-refractivity contribution in [2.24, 2.45) is 10.8 Å². The van der Waals surface area contributed by atoms with Crippen LogP contribution >= 0.6 is 0 Å². The zero-order valence-electron chi connectivity index (χ0n) is 10.1. The van der Waals surface area contributed by atoms with Gasteiger partial charge in [-0.1, -0.05) is 44.9 Å². The third-order valence-electron chi connectivity index (χ3n) is 3.83. The highest BCUT2D eigenvalue weighted by Gasteiger charge is 2.35. The van der Waals surface area contributed by atoms with Crippen LogP contribution in [0.1, 0.15) is 41.5 Å². The lowest BCUT2D eigenvalue weighted by Crippen LogP contribution is -2.29. The molecule has 0 aromatic rings. The third kappa shape index (κ3) is 1.45. The third-order valence-corrected chi connectivity index (χ3v) is 3.83. The van der Waals surface area contributed by atoms with Crippen LogP contribution in [-0.4, -0.2) is 6.29 Å². The van der Waals surface area contributed by atoms with Crippen LogP contribution in [0.15, 0.2) is 22.8 Å². The Morgan fingerprint density at radius 3 is 2.00 bits per heavy atom. The van der Waals surface area contributed by atoms with E-state index in [0.29, 0.717) is 0 Å². The van der Waals surface area contributed by atoms with Crippen LogP contribution in [0.2, 0.25) is 0 Å². The molecule has 0 unspecified atom stereocenters. The zero-order chi connectivity index (χ0) is 11.1. The summed E-state index contributed by atoms with van der Waals surface area (Å²) in [5, 5.41) is 0. The molecule has 0 amide bonds. The Kier molecular flexibility index (Phi) is 2.47. The van der Waals surface area contributed by atoms with Crippen molar-refractivity contribution in [2.75, 3.05) is 0 Å². The van der Waals surface area contributed by atoms with Crippen molar-refractivity contribution in [1.29, 1.82) is 0 Å². The van der Waals surface area contributed by atoms with Crippen LogP contribution in [0.5, 0.6) is 0 Å². The van der Waals surface area contributed by atoms with Gasteiger partial charge in [-0.25, -0.2) is 0 Å². The summed E-state index contributed by atoms with van der Waals surface area (Å²) >= 11 is 0. The van der Waals surface area contributed by atoms with Gasteiger partial charge in [-0.3, -0.25) is 4.79 Å². The Morgan fingerprint density at radius 1 is 1.07 bits per heavy atom. The van der Waals surface area contributed by atoms with E-state index in [-0.39, 0.29) is 10.8 Å². The van der Waals surface area contributed by atoms with E-state index in [0.717, 1.165) is 11.9 Å². The lowest BCUT2D eigenvalue weighted by molar-refractivity contribution is -0.105. The summed E-state index contributed by atoms with van der Waals surface area (Å²) < 4.78 is 0. The normalized spacial score (nSPS) is 24.6. The largest absolute Gasteiger partial charge is 0.298 e. The van der Waals surface area contributed by atoms with Gasteiger partial charge >= 0.3 is 0 Å². The fourth-order valence-electron chi connectivity index (χ4n) is 2.03. The molecule has 0 aliphatic heterocycles. The van der Waals surface area contributed by atoms with Crippen molar-refractivity contribution in [3.8, 4) is 0 Å². The molecule has 0 saturated heterocycles. The minimum Gasteiger partial charge on any atom is -0.298 e. The average Bonchev–Trinajstić information content (AvgIpc) is 2.09. The van der Waals surface area contributed by atoms with Gasteiger partial charge < -0.3 is 0 Å². The molecule has 1 aliphatic rings. The van der Waals surface area contributed by atoms with Gasteiger partial charge in [-0.2, -0.15) is 0 Å². The Hall–Kier alpha value is -0.850. The number of allylic oxidation sites excluding steroid dienone is 4. The molecule has 0 heterocycles. The first-order chi connectivity index (χ1) is 6.23. The number of hydrogen-bond donors (Lipinski definition) is 0. The van der Waals surface area contributed by atoms with E-state index in [4.69, 9.17) is 0 Å². The van der Waals surface area contributed by atoms with Gasteiger partial charge in [-0.05, 0) is 19.4 Å². The summed E-state index contributed by atoms with van der Waals surface area (Å²) in [6.07, 6.45) is 3.10. The molecular formula is C13H20O. The van der Waals surface area contributed by atoms with E-state index < -0.39 is 0 Å². The van der Waals surface area contributed by atoms with Crippen LogP contribution in [0.25, 0.3) is 0 Å². The predicted molar refractivity (Wildman–Crippen MR) is 60.1 cm³/mol. The molecule has 78 valence electrons. The van der Waals surface area contributed by atoms with Crippen LogP contribution < -0.4 is 0 Å². The summed E-state index contributed by atoms with van der Waals surface area (Å²) in [7, 11) is 0. The minimum absolute atomic E-state index is 0.0237. The maximum Gasteiger partial charge on any atom is 0.146 e. The summed E-state index contributed by atoms with van der Waals surface area (Å²) in [6.45, 7) is 12.8. The molecule has 0 bridgehead atoms. The van der Waals surface area contributed by atoms with Gasteiger partial charge in [0.1, 0.15) is 6.29 Å². The maximum absolute atomic E-state index is 11.0. The molecule has 0 N–H and O–H groups in total. The van der Waals surface area contributed by atoms with Crippen molar-refractivity contribution in [3.63, 3.8) is 0 Å². The fraction of sp³-hybridized carbons (Fsp3) is 0.615. The number of carbonyl (C=O) groups is 1. The molecule has 0 fully saturated rings. The lowest BCUT2D eigenvalue weighted by atomic mass is 9.65. The fourth-order valence-corrected chi connectivity index (χ4v) is 2.03. The molecule has 1 aliphatic carbocycles. The number of aldehydes is 1. The average molecular weight is 192 g/mol. The van der Waals surface area contributed by atoms with Crippen LogP contribution in [0.4, 0.5) is 0 Å². The van der Waals surface area contributed by atoms with Gasteiger partial charge in [0, 0.05) is 10.8 Å². The molecule has 1 heteroatoms. The summed E-state index contributed by atoms with van der Waals surface area (Å²) in [5.74, 6) is 0. The number of hydrogen-bond acceptors (Lipinski definition) is 1. The summed E-state index contributed by atoms with van der Waals surface area (Å²) in [5.41, 5.74) is 3.54. The van der Waals surface area contributed by atoms with Crippen molar-refractivity contribution >= 4 is 6.29 Å². The highest BCUT2D eigenvalue weighted by molar-refractivity contribution is 5.78. The van der Waals surface area contributed by atoms with Gasteiger partial charge in [0.05, 0.1) is 0 Å². The van der Waals surface area contributed by atoms with Crippen molar-refractivity contribution in [2.45, 2.75) is 41.5 Å². The van der Waals surface area contributed by atoms with E-state index >= 15 is 0 Å². The molecule has 0 spiro atoms. The quantitative estimate of drug-likeness (QED) is 0.459. The highest BCUT2D eigenvalue weighted by atomic mass is 16.1. The van der Waals surface area contributed by atoms with Gasteiger partial charge in [0.15, 0.2) is 0 Å². The van der Waals surface area contributed by atoms with Gasteiger partial charge in [-0.15, -0.1) is 0 Å². The first kappa shape index (κ1) is 11.2. The Balaban J connectivity index is 3.37. The monoisotopic (exact) mass is 192 g/mol. The maximum atomic E-state index is 11.0. The zero-order valence-corrected chi connectivity index (χ0v) is 10.1. The van der Waals surface area contributed by atoms with E-state index in [1.54, 1.807) is 0 Å². The molecule has 1 nitrogen and oxygen atoms in total. The molecule has 0 aromatic heterocycles. The predicted octanol–water partition coefficient (Wildman–Crippen LogP) is 3.51. The van der Waals surface area contributed by atoms with E-state index in [1.165, 1.54) is 11.1 Å². The highest BCUT2D eigenvalue weighted by Crippen LogP contribution is 2.46. The molecule has 1 rings (SSSR count). The molecule has 0 atom stereocenters. The Morgan fingerprint density at radius 2 is 1.57 bits per heavy atom. The molecule has 0 saturated carbocycles. The minimum atomic E-state index is -0.0959. The van der Waals surface area contributed by atoms with Crippen LogP contribution in [0, 0.1) is 10.8 Å². The van der Waals surface area contributed by atoms with Crippen LogP contribution in [0.3, 0.4) is 0 Å². The van der Waals surface area contributed by atoms with E-state index in [2.05, 4.69) is 47.6 Å². The first-order valence-electron chi connectivity index (χ1n) is 5.10. The van der Waals surface area contributed by atoms with Crippen molar-refractivity contribution < 1.29 is 4.79 Å². The second kappa shape index (κ2) is 3.08. The standard InChI is InChI=1S/C13H20O/c1-9-10(2)13(5,6)11(8-14)7-12(9,3)4/h7-8H,1-6H3. The van der Waals surface area contributed by atoms with Gasteiger partial charge in [0.2, 0.25) is 0 Å². The molecular weight excluding hydrogens is 172 g/mol. The Bertz CT molecular complexity index is 323. The second-order valence-corrected chi connectivity index (χ2v) is 5.31. The number of rotatable bonds is 1. The molecule has 14 heavy (non-hydrogen) atoms. The molecule has 0 radical (unpaired) electrons. The first-order valence-corrected chi connectivity index (χ1v) is 5.10. The number of carbonyl (C=O) groups excluding carboxylic acids is 1. The Labute approximate surface area is 86.9 Å². The topological polar surface area (TPSA) is 17.1 Å². The van der Waals surface area contributed by atoms with Crippen molar-refractivity contribution in [1.82, 2.24) is 0 Å². The van der Waals surface area contributed by atoms with Crippen LogP contribution in [-0.2, 0) is 4.79 Å². The molecule has 0 aromatic carbocycles. The van der Waals surface area contributed by atoms with E-state index in [1.807, 2.05) is 0 Å². The van der Waals surface area contributed by atoms with Gasteiger partial charge in [0.25, 0.3) is 0 Å². The smallest absolute Gasteiger partial charge is 0.146 e. The SMILES string of the molecule is CC1=C(C)C(C)(C)C(C=O)=CC1(C)C. The summed E-state index contributed by atoms with van der Waals surface area (Å²) in [4.78, 5) is 11.0. The second-order valence-electron chi connectivity index (χ2n) is 5.31. The lowest BCUT2D eigenvalue weighted by Gasteiger charge is -2.39. The summed E-state index contributed by atoms with van der Waals surface area (Å²) in [6, 6.07) is 0. The van der Waals surface area contributed by atoms with Crippen molar-refractivity contribution in [3.05, 3.63) is 22.8 Å².